The number of hydrogen-bond acceptors (Lipinski definition) is 3. The average molecular weight is 448 g/mol. The molecule has 170 valence electrons. The molecule has 0 unspecified atom stereocenters. The van der Waals surface area contributed by atoms with E-state index in [1.54, 1.807) is 0 Å². The molecule has 1 saturated heterocycles. The van der Waals surface area contributed by atoms with Crippen LogP contribution in [0.25, 0.3) is 38.3 Å². The molecule has 1 fully saturated rings. The maximum atomic E-state index is 6.26. The molecule has 0 spiro atoms. The Hall–Kier alpha value is -3.15. The Morgan fingerprint density at radius 1 is 0.794 bits per heavy atom. The van der Waals surface area contributed by atoms with Crippen LogP contribution in [-0.2, 0) is 15.7 Å². The van der Waals surface area contributed by atoms with Crippen molar-refractivity contribution in [3.63, 3.8) is 0 Å². The SMILES string of the molecule is CCc1nc2c3ccccc3ccc2n1-c1ccc2cc(B3OC(C)(C)C(C)(C)O3)ccc2c1. The van der Waals surface area contributed by atoms with Crippen LogP contribution in [-0.4, -0.2) is 27.9 Å². The zero-order valence-electron chi connectivity index (χ0n) is 20.4. The second-order valence-electron chi connectivity index (χ2n) is 10.3. The number of benzene rings is 4. The van der Waals surface area contributed by atoms with E-state index in [0.717, 1.165) is 34.4 Å². The summed E-state index contributed by atoms with van der Waals surface area (Å²) < 4.78 is 14.8. The average Bonchev–Trinajstić information content (AvgIpc) is 3.31. The van der Waals surface area contributed by atoms with Crippen molar-refractivity contribution in [3.8, 4) is 5.69 Å². The first kappa shape index (κ1) is 21.4. The van der Waals surface area contributed by atoms with Gasteiger partial charge in [0.25, 0.3) is 0 Å². The topological polar surface area (TPSA) is 36.3 Å². The van der Waals surface area contributed by atoms with Gasteiger partial charge in [-0.1, -0.05) is 61.5 Å². The molecule has 34 heavy (non-hydrogen) atoms. The maximum absolute atomic E-state index is 6.26. The van der Waals surface area contributed by atoms with Gasteiger partial charge < -0.3 is 9.31 Å². The van der Waals surface area contributed by atoms with Crippen molar-refractivity contribution >= 4 is 45.2 Å². The van der Waals surface area contributed by atoms with Crippen molar-refractivity contribution in [2.75, 3.05) is 0 Å². The molecule has 0 aliphatic carbocycles. The smallest absolute Gasteiger partial charge is 0.399 e. The third-order valence-electron chi connectivity index (χ3n) is 7.57. The Balaban J connectivity index is 1.44. The summed E-state index contributed by atoms with van der Waals surface area (Å²) in [5.41, 5.74) is 3.69. The first-order valence-electron chi connectivity index (χ1n) is 12.1. The van der Waals surface area contributed by atoms with E-state index >= 15 is 0 Å². The van der Waals surface area contributed by atoms with Crippen molar-refractivity contribution < 1.29 is 9.31 Å². The van der Waals surface area contributed by atoms with Gasteiger partial charge in [-0.15, -0.1) is 0 Å². The molecule has 4 nitrogen and oxygen atoms in total. The first-order chi connectivity index (χ1) is 16.3. The number of aromatic nitrogens is 2. The highest BCUT2D eigenvalue weighted by Gasteiger charge is 2.51. The second kappa shape index (κ2) is 7.43. The van der Waals surface area contributed by atoms with Crippen LogP contribution in [0, 0.1) is 0 Å². The van der Waals surface area contributed by atoms with E-state index in [1.807, 2.05) is 0 Å². The lowest BCUT2D eigenvalue weighted by Gasteiger charge is -2.32. The Bertz CT molecular complexity index is 1550. The van der Waals surface area contributed by atoms with Crippen LogP contribution in [0.2, 0.25) is 0 Å². The lowest BCUT2D eigenvalue weighted by atomic mass is 9.78. The molecule has 5 heteroatoms. The van der Waals surface area contributed by atoms with Crippen molar-refractivity contribution in [3.05, 3.63) is 78.6 Å². The van der Waals surface area contributed by atoms with Gasteiger partial charge in [0.1, 0.15) is 5.82 Å². The van der Waals surface area contributed by atoms with Crippen LogP contribution in [0.1, 0.15) is 40.4 Å². The van der Waals surface area contributed by atoms with Gasteiger partial charge in [-0.2, -0.15) is 0 Å². The molecule has 0 bridgehead atoms. The molecular formula is C29H29BN2O2. The lowest BCUT2D eigenvalue weighted by Crippen LogP contribution is -2.41. The van der Waals surface area contributed by atoms with Crippen molar-refractivity contribution in [2.24, 2.45) is 0 Å². The molecule has 2 heterocycles. The fourth-order valence-corrected chi connectivity index (χ4v) is 4.90. The molecular weight excluding hydrogens is 419 g/mol. The molecule has 0 N–H and O–H groups in total. The Morgan fingerprint density at radius 2 is 1.47 bits per heavy atom. The summed E-state index contributed by atoms with van der Waals surface area (Å²) in [4.78, 5) is 5.04. The van der Waals surface area contributed by atoms with E-state index in [2.05, 4.69) is 112 Å². The molecule has 0 saturated carbocycles. The van der Waals surface area contributed by atoms with Crippen LogP contribution in [0.5, 0.6) is 0 Å². The minimum absolute atomic E-state index is 0.348. The highest BCUT2D eigenvalue weighted by Crippen LogP contribution is 2.37. The standard InChI is InChI=1S/C29H29BN2O2/c1-6-26-31-27-24-10-8-7-9-19(24)13-16-25(27)32(26)23-15-12-20-17-22(14-11-21(20)18-23)30-33-28(2,3)29(4,5)34-30/h7-18H,6H2,1-5H3. The summed E-state index contributed by atoms with van der Waals surface area (Å²) in [7, 11) is -0.355. The highest BCUT2D eigenvalue weighted by atomic mass is 16.7. The quantitative estimate of drug-likeness (QED) is 0.309. The Labute approximate surface area is 200 Å². The third kappa shape index (κ3) is 3.18. The van der Waals surface area contributed by atoms with E-state index in [4.69, 9.17) is 14.3 Å². The van der Waals surface area contributed by atoms with E-state index in [-0.39, 0.29) is 18.3 Å². The van der Waals surface area contributed by atoms with E-state index in [0.29, 0.717) is 0 Å². The summed E-state index contributed by atoms with van der Waals surface area (Å²) in [6, 6.07) is 25.9. The normalized spacial score (nSPS) is 17.3. The predicted octanol–water partition coefficient (Wildman–Crippen LogP) is 6.19. The molecule has 6 rings (SSSR count). The molecule has 1 aromatic heterocycles. The fraction of sp³-hybridized carbons (Fsp3) is 0.276. The largest absolute Gasteiger partial charge is 0.494 e. The first-order valence-corrected chi connectivity index (χ1v) is 12.1. The minimum Gasteiger partial charge on any atom is -0.399 e. The lowest BCUT2D eigenvalue weighted by molar-refractivity contribution is 0.00578. The molecule has 1 aliphatic heterocycles. The van der Waals surface area contributed by atoms with Gasteiger partial charge in [0.05, 0.1) is 22.2 Å². The molecule has 0 radical (unpaired) electrons. The van der Waals surface area contributed by atoms with Gasteiger partial charge in [-0.05, 0) is 67.5 Å². The molecule has 5 aromatic rings. The van der Waals surface area contributed by atoms with Crippen LogP contribution >= 0.6 is 0 Å². The summed E-state index contributed by atoms with van der Waals surface area (Å²) in [5, 5.41) is 4.77. The van der Waals surface area contributed by atoms with E-state index in [9.17, 15) is 0 Å². The van der Waals surface area contributed by atoms with E-state index < -0.39 is 0 Å². The van der Waals surface area contributed by atoms with Crippen LogP contribution in [0.4, 0.5) is 0 Å². The second-order valence-corrected chi connectivity index (χ2v) is 10.3. The highest BCUT2D eigenvalue weighted by molar-refractivity contribution is 6.62. The number of aryl methyl sites for hydroxylation is 1. The van der Waals surface area contributed by atoms with E-state index in [1.165, 1.54) is 21.5 Å². The summed E-state index contributed by atoms with van der Waals surface area (Å²) in [6.45, 7) is 10.5. The van der Waals surface area contributed by atoms with Gasteiger partial charge in [-0.3, -0.25) is 4.57 Å². The zero-order valence-corrected chi connectivity index (χ0v) is 20.4. The van der Waals surface area contributed by atoms with Crippen molar-refractivity contribution in [1.29, 1.82) is 0 Å². The number of hydrogen-bond donors (Lipinski definition) is 0. The minimum atomic E-state index is -0.355. The van der Waals surface area contributed by atoms with Gasteiger partial charge in [-0.25, -0.2) is 4.98 Å². The van der Waals surface area contributed by atoms with Crippen LogP contribution in [0.15, 0.2) is 72.8 Å². The van der Waals surface area contributed by atoms with Gasteiger partial charge in [0.2, 0.25) is 0 Å². The zero-order chi connectivity index (χ0) is 23.7. The number of rotatable bonds is 3. The van der Waals surface area contributed by atoms with Gasteiger partial charge in [0, 0.05) is 17.5 Å². The Morgan fingerprint density at radius 3 is 2.24 bits per heavy atom. The monoisotopic (exact) mass is 448 g/mol. The summed E-state index contributed by atoms with van der Waals surface area (Å²) >= 11 is 0. The third-order valence-corrected chi connectivity index (χ3v) is 7.57. The van der Waals surface area contributed by atoms with Crippen molar-refractivity contribution in [1.82, 2.24) is 9.55 Å². The number of imidazole rings is 1. The molecule has 0 amide bonds. The maximum Gasteiger partial charge on any atom is 0.494 e. The fourth-order valence-electron chi connectivity index (χ4n) is 4.90. The summed E-state index contributed by atoms with van der Waals surface area (Å²) in [5.74, 6) is 1.07. The van der Waals surface area contributed by atoms with Gasteiger partial charge >= 0.3 is 7.12 Å². The van der Waals surface area contributed by atoms with Crippen molar-refractivity contribution in [2.45, 2.75) is 52.2 Å². The number of nitrogens with zero attached hydrogens (tertiary/aromatic N) is 2. The van der Waals surface area contributed by atoms with Crippen LogP contribution in [0.3, 0.4) is 0 Å². The molecule has 0 atom stereocenters. The van der Waals surface area contributed by atoms with Gasteiger partial charge in [0.15, 0.2) is 0 Å². The number of fused-ring (bicyclic) bond motifs is 4. The Kier molecular flexibility index (Phi) is 4.67. The molecule has 4 aromatic carbocycles. The predicted molar refractivity (Wildman–Crippen MR) is 141 cm³/mol. The summed E-state index contributed by atoms with van der Waals surface area (Å²) in [6.07, 6.45) is 0.863. The van der Waals surface area contributed by atoms with Crippen LogP contribution < -0.4 is 5.46 Å². The molecule has 1 aliphatic rings.